The molecule has 1 unspecified atom stereocenters. The Morgan fingerprint density at radius 3 is 2.51 bits per heavy atom. The first kappa shape index (κ1) is 27.5. The van der Waals surface area contributed by atoms with E-state index in [1.54, 1.807) is 6.20 Å². The number of benzene rings is 2. The molecule has 3 aromatic heterocycles. The number of H-pyrrole nitrogens is 1. The van der Waals surface area contributed by atoms with Gasteiger partial charge in [0.05, 0.1) is 30.2 Å². The Labute approximate surface area is 247 Å². The first-order chi connectivity index (χ1) is 20.9. The van der Waals surface area contributed by atoms with Crippen LogP contribution in [0, 0.1) is 0 Å². The summed E-state index contributed by atoms with van der Waals surface area (Å²) in [7, 11) is 0. The molecule has 7 rings (SSSR count). The summed E-state index contributed by atoms with van der Waals surface area (Å²) in [5, 5.41) is 22.6. The van der Waals surface area contributed by atoms with E-state index < -0.39 is 11.9 Å². The normalized spacial score (nSPS) is 22.1. The lowest BCUT2D eigenvalue weighted by Gasteiger charge is -2.37. The minimum atomic E-state index is -0.601. The van der Waals surface area contributed by atoms with Gasteiger partial charge in [0.1, 0.15) is 0 Å². The number of aromatic amines is 1. The number of hydrogen-bond acceptors (Lipinski definition) is 8. The number of nitrogens with zero attached hydrogens (tertiary/aromatic N) is 5. The summed E-state index contributed by atoms with van der Waals surface area (Å²) >= 11 is 0. The van der Waals surface area contributed by atoms with Crippen LogP contribution >= 0.6 is 0 Å². The predicted octanol–water partition coefficient (Wildman–Crippen LogP) is 4.08. The third-order valence-electron chi connectivity index (χ3n) is 9.04. The van der Waals surface area contributed by atoms with Gasteiger partial charge < -0.3 is 9.84 Å². The SMILES string of the molecule is CCCc1c(Cc2ccc(-c3ccccc3-c3noc(=O)[nH]3)cc2)c(=O)n([C@H]2CC[C@@]3(CC2)CC(O)CO3)c2cnnn12. The molecule has 11 nitrogen and oxygen atoms in total. The smallest absolute Gasteiger partial charge is 0.391 e. The highest BCUT2D eigenvalue weighted by Gasteiger charge is 2.43. The van der Waals surface area contributed by atoms with Gasteiger partial charge in [0.15, 0.2) is 11.5 Å². The summed E-state index contributed by atoms with van der Waals surface area (Å²) in [6.45, 7) is 2.49. The first-order valence-electron chi connectivity index (χ1n) is 15.0. The second-order valence-corrected chi connectivity index (χ2v) is 11.8. The maximum atomic E-state index is 14.3. The van der Waals surface area contributed by atoms with Gasteiger partial charge in [0, 0.05) is 30.0 Å². The predicted molar refractivity (Wildman–Crippen MR) is 159 cm³/mol. The number of aryl methyl sites for hydroxylation is 1. The molecule has 1 atom stereocenters. The number of fused-ring (bicyclic) bond motifs is 1. The van der Waals surface area contributed by atoms with Gasteiger partial charge in [0.2, 0.25) is 0 Å². The van der Waals surface area contributed by atoms with Gasteiger partial charge >= 0.3 is 5.76 Å². The molecule has 1 saturated heterocycles. The van der Waals surface area contributed by atoms with Crippen LogP contribution in [0.1, 0.15) is 68.3 Å². The molecule has 4 heterocycles. The molecule has 0 radical (unpaired) electrons. The summed E-state index contributed by atoms with van der Waals surface area (Å²) in [6, 6.07) is 15.8. The largest absolute Gasteiger partial charge is 0.439 e. The zero-order valence-electron chi connectivity index (χ0n) is 24.0. The van der Waals surface area contributed by atoms with Crippen LogP contribution in [0.3, 0.4) is 0 Å². The molecule has 1 spiro atoms. The van der Waals surface area contributed by atoms with Gasteiger partial charge in [-0.25, -0.2) is 9.31 Å². The number of aliphatic hydroxyl groups excluding tert-OH is 1. The van der Waals surface area contributed by atoms with E-state index in [0.717, 1.165) is 71.3 Å². The molecule has 11 heteroatoms. The molecule has 0 amide bonds. The lowest BCUT2D eigenvalue weighted by molar-refractivity contribution is -0.0344. The van der Waals surface area contributed by atoms with Crippen molar-refractivity contribution in [1.82, 2.24) is 29.5 Å². The highest BCUT2D eigenvalue weighted by atomic mass is 16.5. The fourth-order valence-corrected chi connectivity index (χ4v) is 6.96. The van der Waals surface area contributed by atoms with E-state index in [1.807, 2.05) is 57.6 Å². The Morgan fingerprint density at radius 1 is 1.07 bits per heavy atom. The lowest BCUT2D eigenvalue weighted by atomic mass is 9.80. The van der Waals surface area contributed by atoms with Crippen LogP contribution in [0.5, 0.6) is 0 Å². The standard InChI is InChI=1S/C32H34N6O5/c1-2-5-27-26(16-20-8-10-21(11-9-20)24-6-3-4-7-25(24)29-34-31(41)43-35-29)30(40)37(28-18-33-36-38(27)28)22-12-14-32(15-13-22)17-23(39)19-42-32/h3-4,6-11,18,22-23,39H,2,5,12-17,19H2,1H3,(H,34,35,41)/t22-,23?,32+. The zero-order valence-corrected chi connectivity index (χ0v) is 24.0. The first-order valence-corrected chi connectivity index (χ1v) is 15.0. The van der Waals surface area contributed by atoms with Crippen LogP contribution in [0.25, 0.3) is 28.2 Å². The monoisotopic (exact) mass is 582 g/mol. The third kappa shape index (κ3) is 5.02. The van der Waals surface area contributed by atoms with Gasteiger partial charge in [-0.15, -0.1) is 5.10 Å². The maximum absolute atomic E-state index is 14.3. The van der Waals surface area contributed by atoms with E-state index in [9.17, 15) is 14.7 Å². The van der Waals surface area contributed by atoms with E-state index in [0.29, 0.717) is 31.7 Å². The topological polar surface area (TPSA) is 141 Å². The molecule has 2 N–H and O–H groups in total. The Bertz CT molecular complexity index is 1880. The third-order valence-corrected chi connectivity index (χ3v) is 9.04. The van der Waals surface area contributed by atoms with Gasteiger partial charge in [0.25, 0.3) is 5.56 Å². The summed E-state index contributed by atoms with van der Waals surface area (Å²) in [5.74, 6) is -0.226. The fraction of sp³-hybridized carbons (Fsp3) is 0.406. The van der Waals surface area contributed by atoms with Crippen LogP contribution in [-0.4, -0.2) is 53.0 Å². The quantitative estimate of drug-likeness (QED) is 0.293. The second-order valence-electron chi connectivity index (χ2n) is 11.8. The van der Waals surface area contributed by atoms with Gasteiger partial charge in [-0.3, -0.25) is 18.9 Å². The Balaban J connectivity index is 1.22. The van der Waals surface area contributed by atoms with Crippen molar-refractivity contribution < 1.29 is 14.4 Å². The Hall–Kier alpha value is -4.35. The Kier molecular flexibility index (Phi) is 7.06. The minimum Gasteiger partial charge on any atom is -0.391 e. The molecule has 2 aromatic carbocycles. The number of ether oxygens (including phenoxy) is 1. The van der Waals surface area contributed by atoms with Crippen LogP contribution in [-0.2, 0) is 17.6 Å². The highest BCUT2D eigenvalue weighted by molar-refractivity contribution is 5.80. The van der Waals surface area contributed by atoms with E-state index >= 15 is 0 Å². The number of aliphatic hydroxyl groups is 1. The van der Waals surface area contributed by atoms with E-state index in [1.165, 1.54) is 0 Å². The molecule has 1 aliphatic carbocycles. The molecule has 2 fully saturated rings. The summed E-state index contributed by atoms with van der Waals surface area (Å²) in [5.41, 5.74) is 5.73. The van der Waals surface area contributed by atoms with Crippen molar-refractivity contribution >= 4 is 5.65 Å². The molecule has 0 bridgehead atoms. The molecule has 1 aliphatic heterocycles. The van der Waals surface area contributed by atoms with Crippen LogP contribution < -0.4 is 11.3 Å². The van der Waals surface area contributed by atoms with Crippen molar-refractivity contribution in [1.29, 1.82) is 0 Å². The molecule has 2 aliphatic rings. The van der Waals surface area contributed by atoms with Gasteiger partial charge in [-0.1, -0.05) is 72.2 Å². The average molecular weight is 583 g/mol. The lowest BCUT2D eigenvalue weighted by Crippen LogP contribution is -2.38. The second kappa shape index (κ2) is 11.1. The van der Waals surface area contributed by atoms with Crippen molar-refractivity contribution in [3.05, 3.63) is 92.5 Å². The van der Waals surface area contributed by atoms with Crippen LogP contribution in [0.2, 0.25) is 0 Å². The van der Waals surface area contributed by atoms with Gasteiger partial charge in [-0.2, -0.15) is 0 Å². The summed E-state index contributed by atoms with van der Waals surface area (Å²) in [6.07, 6.45) is 7.22. The zero-order chi connectivity index (χ0) is 29.6. The van der Waals surface area contributed by atoms with E-state index in [2.05, 4.69) is 27.4 Å². The summed E-state index contributed by atoms with van der Waals surface area (Å²) < 4.78 is 14.5. The number of nitrogens with one attached hydrogen (secondary N) is 1. The fourth-order valence-electron chi connectivity index (χ4n) is 6.96. The minimum absolute atomic E-state index is 0.0102. The van der Waals surface area contributed by atoms with Gasteiger partial charge in [-0.05, 0) is 48.8 Å². The number of rotatable bonds is 7. The molecular weight excluding hydrogens is 548 g/mol. The van der Waals surface area contributed by atoms with Crippen molar-refractivity contribution in [3.8, 4) is 22.5 Å². The Morgan fingerprint density at radius 2 is 1.84 bits per heavy atom. The van der Waals surface area contributed by atoms with Crippen molar-refractivity contribution in [2.45, 2.75) is 76.0 Å². The highest BCUT2D eigenvalue weighted by Crippen LogP contribution is 2.43. The molecule has 222 valence electrons. The van der Waals surface area contributed by atoms with E-state index in [-0.39, 0.29) is 17.2 Å². The average Bonchev–Trinajstić information content (AvgIpc) is 3.77. The molecule has 43 heavy (non-hydrogen) atoms. The molecule has 1 saturated carbocycles. The van der Waals surface area contributed by atoms with Crippen molar-refractivity contribution in [3.63, 3.8) is 0 Å². The number of aromatic nitrogens is 6. The van der Waals surface area contributed by atoms with Crippen LogP contribution in [0.15, 0.2) is 68.8 Å². The molecular formula is C32H34N6O5. The number of hydrogen-bond donors (Lipinski definition) is 2. The van der Waals surface area contributed by atoms with E-state index in [4.69, 9.17) is 9.26 Å². The van der Waals surface area contributed by atoms with Crippen LogP contribution in [0.4, 0.5) is 0 Å². The summed E-state index contributed by atoms with van der Waals surface area (Å²) in [4.78, 5) is 28.5. The van der Waals surface area contributed by atoms with Crippen molar-refractivity contribution in [2.24, 2.45) is 0 Å². The van der Waals surface area contributed by atoms with Crippen molar-refractivity contribution in [2.75, 3.05) is 6.61 Å². The maximum Gasteiger partial charge on any atom is 0.439 e. The molecule has 5 aromatic rings.